The summed E-state index contributed by atoms with van der Waals surface area (Å²) in [6.07, 6.45) is 0.305. The molecule has 0 spiro atoms. The zero-order valence-corrected chi connectivity index (χ0v) is 11.3. The molecule has 0 aliphatic rings. The van der Waals surface area contributed by atoms with Crippen LogP contribution in [-0.4, -0.2) is 44.7 Å². The van der Waals surface area contributed by atoms with Gasteiger partial charge in [0.25, 0.3) is 5.91 Å². The van der Waals surface area contributed by atoms with E-state index >= 15 is 0 Å². The Labute approximate surface area is 113 Å². The molecular weight excluding hydrogens is 244 g/mol. The summed E-state index contributed by atoms with van der Waals surface area (Å²) >= 11 is 0. The van der Waals surface area contributed by atoms with E-state index in [0.717, 1.165) is 0 Å². The number of rotatable bonds is 7. The summed E-state index contributed by atoms with van der Waals surface area (Å²) in [5.74, 6) is 0.518. The van der Waals surface area contributed by atoms with E-state index in [1.165, 1.54) is 0 Å². The number of nitriles is 1. The number of hydrogen-bond acceptors (Lipinski definition) is 4. The van der Waals surface area contributed by atoms with Gasteiger partial charge in [0, 0.05) is 25.8 Å². The van der Waals surface area contributed by atoms with E-state index in [9.17, 15) is 4.79 Å². The van der Waals surface area contributed by atoms with Gasteiger partial charge in [-0.1, -0.05) is 6.07 Å². The Morgan fingerprint density at radius 2 is 2.16 bits per heavy atom. The lowest BCUT2D eigenvalue weighted by Gasteiger charge is -2.21. The molecule has 102 valence electrons. The molecule has 0 radical (unpaired) electrons. The molecule has 0 bridgehead atoms. The minimum atomic E-state index is -0.119. The number of ether oxygens (including phenoxy) is 2. The van der Waals surface area contributed by atoms with Gasteiger partial charge in [-0.2, -0.15) is 5.26 Å². The van der Waals surface area contributed by atoms with Gasteiger partial charge in [-0.25, -0.2) is 0 Å². The van der Waals surface area contributed by atoms with Crippen LogP contribution in [0.15, 0.2) is 24.3 Å². The number of hydrogen-bond donors (Lipinski definition) is 0. The Morgan fingerprint density at radius 3 is 2.79 bits per heavy atom. The van der Waals surface area contributed by atoms with E-state index in [1.54, 1.807) is 43.4 Å². The number of nitrogens with zero attached hydrogens (tertiary/aromatic N) is 2. The maximum Gasteiger partial charge on any atom is 0.254 e. The monoisotopic (exact) mass is 262 g/mol. The molecule has 19 heavy (non-hydrogen) atoms. The van der Waals surface area contributed by atoms with Crippen molar-refractivity contribution in [3.63, 3.8) is 0 Å². The van der Waals surface area contributed by atoms with Crippen LogP contribution in [0.3, 0.4) is 0 Å². The molecule has 0 unspecified atom stereocenters. The number of amides is 1. The van der Waals surface area contributed by atoms with Crippen LogP contribution in [0, 0.1) is 11.3 Å². The molecule has 0 fully saturated rings. The maximum absolute atomic E-state index is 12.3. The molecule has 0 heterocycles. The summed E-state index contributed by atoms with van der Waals surface area (Å²) in [6, 6.07) is 9.02. The van der Waals surface area contributed by atoms with E-state index in [4.69, 9.17) is 14.7 Å². The highest BCUT2D eigenvalue weighted by molar-refractivity contribution is 5.94. The summed E-state index contributed by atoms with van der Waals surface area (Å²) < 4.78 is 10.1. The van der Waals surface area contributed by atoms with Crippen LogP contribution < -0.4 is 4.74 Å². The molecular formula is C14H18N2O3. The van der Waals surface area contributed by atoms with Crippen LogP contribution in [-0.2, 0) is 4.74 Å². The number of benzene rings is 1. The maximum atomic E-state index is 12.3. The predicted molar refractivity (Wildman–Crippen MR) is 71.0 cm³/mol. The Morgan fingerprint density at radius 1 is 1.37 bits per heavy atom. The second-order valence-corrected chi connectivity index (χ2v) is 3.93. The summed E-state index contributed by atoms with van der Waals surface area (Å²) in [6.45, 7) is 1.31. The Hall–Kier alpha value is -2.06. The van der Waals surface area contributed by atoms with Crippen molar-refractivity contribution in [3.8, 4) is 11.8 Å². The second-order valence-electron chi connectivity index (χ2n) is 3.93. The Kier molecular flexibility index (Phi) is 6.41. The third kappa shape index (κ3) is 4.60. The topological polar surface area (TPSA) is 62.6 Å². The van der Waals surface area contributed by atoms with E-state index in [1.807, 2.05) is 6.07 Å². The third-order valence-corrected chi connectivity index (χ3v) is 2.66. The Balaban J connectivity index is 2.81. The van der Waals surface area contributed by atoms with Gasteiger partial charge in [0.1, 0.15) is 5.75 Å². The van der Waals surface area contributed by atoms with Crippen molar-refractivity contribution in [1.29, 1.82) is 5.26 Å². The van der Waals surface area contributed by atoms with Gasteiger partial charge in [0.05, 0.1) is 26.2 Å². The SMILES string of the molecule is COCCN(CCC#N)C(=O)c1cccc(OC)c1. The fraction of sp³-hybridized carbons (Fsp3) is 0.429. The smallest absolute Gasteiger partial charge is 0.254 e. The lowest BCUT2D eigenvalue weighted by Crippen LogP contribution is -2.34. The first kappa shape index (κ1) is 15.0. The van der Waals surface area contributed by atoms with Gasteiger partial charge in [-0.3, -0.25) is 4.79 Å². The largest absolute Gasteiger partial charge is 0.497 e. The first-order valence-corrected chi connectivity index (χ1v) is 6.02. The summed E-state index contributed by atoms with van der Waals surface area (Å²) in [7, 11) is 3.14. The summed E-state index contributed by atoms with van der Waals surface area (Å²) in [4.78, 5) is 13.9. The number of carbonyl (C=O) groups is 1. The van der Waals surface area contributed by atoms with Gasteiger partial charge >= 0.3 is 0 Å². The van der Waals surface area contributed by atoms with Crippen molar-refractivity contribution in [2.45, 2.75) is 6.42 Å². The molecule has 0 saturated carbocycles. The van der Waals surface area contributed by atoms with Crippen LogP contribution in [0.2, 0.25) is 0 Å². The van der Waals surface area contributed by atoms with E-state index in [2.05, 4.69) is 0 Å². The van der Waals surface area contributed by atoms with E-state index in [0.29, 0.717) is 37.4 Å². The van der Waals surface area contributed by atoms with Crippen molar-refractivity contribution >= 4 is 5.91 Å². The molecule has 0 N–H and O–H groups in total. The lowest BCUT2D eigenvalue weighted by molar-refractivity contribution is 0.0699. The van der Waals surface area contributed by atoms with Gasteiger partial charge in [0.15, 0.2) is 0 Å². The van der Waals surface area contributed by atoms with Crippen molar-refractivity contribution < 1.29 is 14.3 Å². The van der Waals surface area contributed by atoms with Crippen LogP contribution >= 0.6 is 0 Å². The standard InChI is InChI=1S/C14H18N2O3/c1-18-10-9-16(8-4-7-15)14(17)12-5-3-6-13(11-12)19-2/h3,5-6,11H,4,8-10H2,1-2H3. The molecule has 0 saturated heterocycles. The highest BCUT2D eigenvalue weighted by atomic mass is 16.5. The molecule has 0 aromatic heterocycles. The first-order chi connectivity index (χ1) is 9.22. The quantitative estimate of drug-likeness (QED) is 0.750. The number of carbonyl (C=O) groups excluding carboxylic acids is 1. The average molecular weight is 262 g/mol. The van der Waals surface area contributed by atoms with Crippen molar-refractivity contribution in [3.05, 3.63) is 29.8 Å². The second kappa shape index (κ2) is 8.11. The minimum absolute atomic E-state index is 0.119. The molecule has 1 amide bonds. The molecule has 5 heteroatoms. The van der Waals surface area contributed by atoms with Gasteiger partial charge in [-0.05, 0) is 18.2 Å². The highest BCUT2D eigenvalue weighted by Crippen LogP contribution is 2.14. The Bertz CT molecular complexity index is 454. The molecule has 1 aromatic rings. The fourth-order valence-electron chi connectivity index (χ4n) is 1.64. The van der Waals surface area contributed by atoms with Crippen molar-refractivity contribution in [2.24, 2.45) is 0 Å². The predicted octanol–water partition coefficient (Wildman–Crippen LogP) is 1.70. The van der Waals surface area contributed by atoms with Crippen LogP contribution in [0.1, 0.15) is 16.8 Å². The number of methoxy groups -OCH3 is 2. The summed E-state index contributed by atoms with van der Waals surface area (Å²) in [5, 5.41) is 8.64. The minimum Gasteiger partial charge on any atom is -0.497 e. The van der Waals surface area contributed by atoms with Gasteiger partial charge in [-0.15, -0.1) is 0 Å². The van der Waals surface area contributed by atoms with Crippen molar-refractivity contribution in [1.82, 2.24) is 4.90 Å². The zero-order valence-electron chi connectivity index (χ0n) is 11.3. The van der Waals surface area contributed by atoms with E-state index in [-0.39, 0.29) is 5.91 Å². The van der Waals surface area contributed by atoms with E-state index < -0.39 is 0 Å². The summed E-state index contributed by atoms with van der Waals surface area (Å²) in [5.41, 5.74) is 0.549. The fourth-order valence-corrected chi connectivity index (χ4v) is 1.64. The molecule has 5 nitrogen and oxygen atoms in total. The zero-order chi connectivity index (χ0) is 14.1. The van der Waals surface area contributed by atoms with Gasteiger partial charge in [0.2, 0.25) is 0 Å². The first-order valence-electron chi connectivity index (χ1n) is 6.02. The van der Waals surface area contributed by atoms with Gasteiger partial charge < -0.3 is 14.4 Å². The molecule has 0 aliphatic carbocycles. The molecule has 0 aliphatic heterocycles. The normalized spacial score (nSPS) is 9.74. The van der Waals surface area contributed by atoms with Crippen LogP contribution in [0.5, 0.6) is 5.75 Å². The third-order valence-electron chi connectivity index (χ3n) is 2.66. The molecule has 0 atom stereocenters. The van der Waals surface area contributed by atoms with Crippen molar-refractivity contribution in [2.75, 3.05) is 33.9 Å². The van der Waals surface area contributed by atoms with Crippen LogP contribution in [0.25, 0.3) is 0 Å². The van der Waals surface area contributed by atoms with Crippen LogP contribution in [0.4, 0.5) is 0 Å². The lowest BCUT2D eigenvalue weighted by atomic mass is 10.2. The molecule has 1 rings (SSSR count). The molecule has 1 aromatic carbocycles. The average Bonchev–Trinajstić information content (AvgIpc) is 2.47. The highest BCUT2D eigenvalue weighted by Gasteiger charge is 2.15.